The Kier molecular flexibility index (Phi) is 3.00. The molecule has 78 valence electrons. The fourth-order valence-electron chi connectivity index (χ4n) is 0.662. The van der Waals surface area contributed by atoms with Gasteiger partial charge in [0.2, 0.25) is 5.82 Å². The molecule has 7 heteroatoms. The highest BCUT2D eigenvalue weighted by Crippen LogP contribution is 2.19. The summed E-state index contributed by atoms with van der Waals surface area (Å²) in [7, 11) is -3.85. The second-order valence-electron chi connectivity index (χ2n) is 2.34. The molecule has 1 rings (SSSR count). The Hall–Kier alpha value is -1.24. The van der Waals surface area contributed by atoms with Crippen LogP contribution < -0.4 is 4.18 Å². The van der Waals surface area contributed by atoms with Crippen LogP contribution in [-0.2, 0) is 10.1 Å². The van der Waals surface area contributed by atoms with Crippen molar-refractivity contribution in [2.24, 2.45) is 0 Å². The molecule has 0 radical (unpaired) electrons. The fraction of sp³-hybridized carbons (Fsp3) is 0.286. The van der Waals surface area contributed by atoms with Crippen LogP contribution in [0.4, 0.5) is 8.78 Å². The zero-order valence-electron chi connectivity index (χ0n) is 7.20. The number of hydrogen-bond acceptors (Lipinski definition) is 4. The maximum atomic E-state index is 12.8. The lowest BCUT2D eigenvalue weighted by Gasteiger charge is -2.04. The van der Waals surface area contributed by atoms with Gasteiger partial charge >= 0.3 is 10.1 Å². The third-order valence-corrected chi connectivity index (χ3v) is 2.52. The lowest BCUT2D eigenvalue weighted by atomic mass is 10.4. The molecule has 1 aromatic rings. The van der Waals surface area contributed by atoms with Gasteiger partial charge in [-0.05, 0) is 6.92 Å². The van der Waals surface area contributed by atoms with E-state index in [1.807, 2.05) is 0 Å². The van der Waals surface area contributed by atoms with E-state index in [1.165, 1.54) is 6.92 Å². The monoisotopic (exact) mass is 223 g/mol. The lowest BCUT2D eigenvalue weighted by Crippen LogP contribution is -2.12. The van der Waals surface area contributed by atoms with Gasteiger partial charge in [0.15, 0.2) is 5.75 Å². The molecular weight excluding hydrogens is 216 g/mol. The maximum Gasteiger partial charge on any atom is 0.309 e. The summed E-state index contributed by atoms with van der Waals surface area (Å²) in [6.07, 6.45) is 0.916. The average Bonchev–Trinajstić information content (AvgIpc) is 2.13. The Bertz CT molecular complexity index is 433. The Balaban J connectivity index is 3.05. The second kappa shape index (κ2) is 3.87. The molecule has 14 heavy (non-hydrogen) atoms. The van der Waals surface area contributed by atoms with Crippen LogP contribution in [0.3, 0.4) is 0 Å². The number of halogens is 2. The van der Waals surface area contributed by atoms with Crippen LogP contribution >= 0.6 is 0 Å². The quantitative estimate of drug-likeness (QED) is 0.568. The normalized spacial score (nSPS) is 11.4. The summed E-state index contributed by atoms with van der Waals surface area (Å²) in [6, 6.07) is 0.936. The van der Waals surface area contributed by atoms with E-state index in [0.29, 0.717) is 0 Å². The molecule has 0 aliphatic carbocycles. The first-order valence-corrected chi connectivity index (χ1v) is 5.26. The van der Waals surface area contributed by atoms with Crippen LogP contribution in [0.25, 0.3) is 0 Å². The molecule has 0 aliphatic heterocycles. The molecule has 1 heterocycles. The molecule has 0 amide bonds. The van der Waals surface area contributed by atoms with Gasteiger partial charge in [-0.15, -0.1) is 0 Å². The van der Waals surface area contributed by atoms with Crippen molar-refractivity contribution in [1.82, 2.24) is 4.98 Å². The minimum absolute atomic E-state index is 0.323. The first-order chi connectivity index (χ1) is 6.46. The highest BCUT2D eigenvalue weighted by atomic mass is 32.2. The molecule has 1 aromatic heterocycles. The zero-order valence-corrected chi connectivity index (χ0v) is 8.01. The smallest absolute Gasteiger partial charge is 0.309 e. The van der Waals surface area contributed by atoms with Crippen molar-refractivity contribution in [1.29, 1.82) is 0 Å². The van der Waals surface area contributed by atoms with Crippen LogP contribution in [0.2, 0.25) is 0 Å². The van der Waals surface area contributed by atoms with Crippen molar-refractivity contribution in [2.75, 3.05) is 5.75 Å². The first kappa shape index (κ1) is 10.8. The van der Waals surface area contributed by atoms with E-state index in [0.717, 1.165) is 12.3 Å². The van der Waals surface area contributed by atoms with Gasteiger partial charge in [-0.25, -0.2) is 4.98 Å². The van der Waals surface area contributed by atoms with Gasteiger partial charge in [-0.2, -0.15) is 17.2 Å². The van der Waals surface area contributed by atoms with Crippen LogP contribution in [0.15, 0.2) is 12.3 Å². The molecule has 0 aliphatic rings. The van der Waals surface area contributed by atoms with Crippen LogP contribution in [-0.4, -0.2) is 19.2 Å². The summed E-state index contributed by atoms with van der Waals surface area (Å²) in [5, 5.41) is 0. The summed E-state index contributed by atoms with van der Waals surface area (Å²) in [5.74, 6) is -3.81. The molecule has 0 saturated heterocycles. The maximum absolute atomic E-state index is 12.8. The van der Waals surface area contributed by atoms with Crippen molar-refractivity contribution in [3.63, 3.8) is 0 Å². The summed E-state index contributed by atoms with van der Waals surface area (Å²) in [6.45, 7) is 1.32. The number of pyridine rings is 1. The van der Waals surface area contributed by atoms with Gasteiger partial charge in [0.05, 0.1) is 5.75 Å². The van der Waals surface area contributed by atoms with Crippen LogP contribution in [0, 0.1) is 11.8 Å². The largest absolute Gasteiger partial charge is 0.379 e. The first-order valence-electron chi connectivity index (χ1n) is 3.68. The van der Waals surface area contributed by atoms with Crippen LogP contribution in [0.5, 0.6) is 5.75 Å². The Morgan fingerprint density at radius 3 is 2.71 bits per heavy atom. The van der Waals surface area contributed by atoms with Crippen molar-refractivity contribution < 1.29 is 21.4 Å². The number of nitrogens with zero attached hydrogens (tertiary/aromatic N) is 1. The zero-order chi connectivity index (χ0) is 10.8. The van der Waals surface area contributed by atoms with E-state index in [4.69, 9.17) is 0 Å². The summed E-state index contributed by atoms with van der Waals surface area (Å²) >= 11 is 0. The molecule has 0 saturated carbocycles. The predicted molar refractivity (Wildman–Crippen MR) is 44.2 cm³/mol. The third kappa shape index (κ3) is 2.38. The minimum atomic E-state index is -3.85. The second-order valence-corrected chi connectivity index (χ2v) is 4.20. The topological polar surface area (TPSA) is 56.3 Å². The van der Waals surface area contributed by atoms with Gasteiger partial charge < -0.3 is 4.18 Å². The lowest BCUT2D eigenvalue weighted by molar-refractivity contribution is 0.425. The van der Waals surface area contributed by atoms with E-state index >= 15 is 0 Å². The Morgan fingerprint density at radius 1 is 1.50 bits per heavy atom. The van der Waals surface area contributed by atoms with Gasteiger partial charge in [-0.1, -0.05) is 0 Å². The molecule has 0 unspecified atom stereocenters. The summed E-state index contributed by atoms with van der Waals surface area (Å²) < 4.78 is 51.4. The number of rotatable bonds is 3. The molecule has 0 fully saturated rings. The molecule has 0 N–H and O–H groups in total. The van der Waals surface area contributed by atoms with Gasteiger partial charge in [-0.3, -0.25) is 0 Å². The van der Waals surface area contributed by atoms with Crippen molar-refractivity contribution in [2.45, 2.75) is 6.92 Å². The molecule has 4 nitrogen and oxygen atoms in total. The standard InChI is InChI=1S/C7H7F2NO3S/c1-2-14(11,12)13-5-3-4-10-7(9)6(5)8/h3-4H,2H2,1H3. The van der Waals surface area contributed by atoms with Gasteiger partial charge in [0.1, 0.15) is 0 Å². The molecule has 0 spiro atoms. The molecule has 0 bridgehead atoms. The van der Waals surface area contributed by atoms with E-state index in [1.54, 1.807) is 0 Å². The van der Waals surface area contributed by atoms with E-state index in [2.05, 4.69) is 9.17 Å². The van der Waals surface area contributed by atoms with E-state index < -0.39 is 27.6 Å². The van der Waals surface area contributed by atoms with Crippen molar-refractivity contribution in [3.8, 4) is 5.75 Å². The van der Waals surface area contributed by atoms with E-state index in [-0.39, 0.29) is 5.75 Å². The average molecular weight is 223 g/mol. The number of hydrogen-bond donors (Lipinski definition) is 0. The van der Waals surface area contributed by atoms with Crippen molar-refractivity contribution >= 4 is 10.1 Å². The third-order valence-electron chi connectivity index (χ3n) is 1.38. The summed E-state index contributed by atoms with van der Waals surface area (Å²) in [4.78, 5) is 2.98. The number of aromatic nitrogens is 1. The highest BCUT2D eigenvalue weighted by Gasteiger charge is 2.16. The van der Waals surface area contributed by atoms with E-state index in [9.17, 15) is 17.2 Å². The van der Waals surface area contributed by atoms with Gasteiger partial charge in [0.25, 0.3) is 5.95 Å². The SMILES string of the molecule is CCS(=O)(=O)Oc1ccnc(F)c1F. The van der Waals surface area contributed by atoms with Crippen LogP contribution in [0.1, 0.15) is 6.92 Å². The Labute approximate surface area is 79.7 Å². The Morgan fingerprint density at radius 2 is 2.14 bits per heavy atom. The highest BCUT2D eigenvalue weighted by molar-refractivity contribution is 7.87. The van der Waals surface area contributed by atoms with Gasteiger partial charge in [0, 0.05) is 12.3 Å². The predicted octanol–water partition coefficient (Wildman–Crippen LogP) is 1.09. The molecule has 0 atom stereocenters. The minimum Gasteiger partial charge on any atom is -0.379 e. The van der Waals surface area contributed by atoms with Crippen molar-refractivity contribution in [3.05, 3.63) is 24.0 Å². The summed E-state index contributed by atoms with van der Waals surface area (Å²) in [5.41, 5.74) is 0. The molecule has 0 aromatic carbocycles. The molecular formula is C7H7F2NO3S. The fourth-order valence-corrected chi connectivity index (χ4v) is 1.18.